The number of ether oxygens (including phenoxy) is 1. The van der Waals surface area contributed by atoms with Crippen LogP contribution in [0.5, 0.6) is 5.75 Å². The van der Waals surface area contributed by atoms with Crippen molar-refractivity contribution in [2.75, 3.05) is 13.1 Å². The molecule has 1 aliphatic heterocycles. The molecule has 1 aromatic heterocycles. The summed E-state index contributed by atoms with van der Waals surface area (Å²) in [5, 5.41) is 11.9. The number of fused-ring (bicyclic) bond motifs is 4. The van der Waals surface area contributed by atoms with Gasteiger partial charge in [0.25, 0.3) is 5.91 Å². The molecule has 0 bridgehead atoms. The first-order valence-electron chi connectivity index (χ1n) is 12.1. The van der Waals surface area contributed by atoms with Crippen molar-refractivity contribution in [1.82, 2.24) is 4.90 Å². The number of amides is 1. The normalized spacial score (nSPS) is 26.3. The van der Waals surface area contributed by atoms with E-state index in [4.69, 9.17) is 9.15 Å². The minimum absolute atomic E-state index is 0.0518. The zero-order chi connectivity index (χ0) is 22.5. The van der Waals surface area contributed by atoms with Gasteiger partial charge in [-0.2, -0.15) is 0 Å². The van der Waals surface area contributed by atoms with Gasteiger partial charge in [0.1, 0.15) is 11.3 Å². The summed E-state index contributed by atoms with van der Waals surface area (Å²) in [6, 6.07) is 3.86. The maximum absolute atomic E-state index is 13.1. The minimum atomic E-state index is -0.648. The maximum atomic E-state index is 13.1. The van der Waals surface area contributed by atoms with Gasteiger partial charge in [-0.25, -0.2) is 4.79 Å². The van der Waals surface area contributed by atoms with Gasteiger partial charge in [-0.1, -0.05) is 12.8 Å². The summed E-state index contributed by atoms with van der Waals surface area (Å²) < 4.78 is 11.8. The highest BCUT2D eigenvalue weighted by atomic mass is 16.5. The highest BCUT2D eigenvalue weighted by molar-refractivity contribution is 5.86. The van der Waals surface area contributed by atoms with E-state index in [1.54, 1.807) is 6.92 Å². The summed E-state index contributed by atoms with van der Waals surface area (Å²) in [7, 11) is 0. The SMILES string of the molecule is Cc1c(O[C@H](C)C(=O)N2CC[C@]3(O)CCCC[C@@H]3C2)ccc2c3c(c(=O)oc12)CCCC3. The molecule has 172 valence electrons. The maximum Gasteiger partial charge on any atom is 0.339 e. The molecule has 32 heavy (non-hydrogen) atoms. The Morgan fingerprint density at radius 1 is 1.19 bits per heavy atom. The van der Waals surface area contributed by atoms with Crippen molar-refractivity contribution in [1.29, 1.82) is 0 Å². The Bertz CT molecular complexity index is 1110. The van der Waals surface area contributed by atoms with Gasteiger partial charge >= 0.3 is 5.63 Å². The molecule has 1 saturated heterocycles. The van der Waals surface area contributed by atoms with Gasteiger partial charge in [0.2, 0.25) is 0 Å². The Labute approximate surface area is 188 Å². The molecule has 6 heteroatoms. The fourth-order valence-corrected chi connectivity index (χ4v) is 6.02. The number of piperidine rings is 1. The van der Waals surface area contributed by atoms with E-state index >= 15 is 0 Å². The number of rotatable bonds is 3. The summed E-state index contributed by atoms with van der Waals surface area (Å²) in [5.41, 5.74) is 2.39. The molecule has 2 fully saturated rings. The van der Waals surface area contributed by atoms with Crippen LogP contribution in [0.1, 0.15) is 68.6 Å². The third-order valence-corrected chi connectivity index (χ3v) is 7.98. The lowest BCUT2D eigenvalue weighted by Gasteiger charge is -2.47. The summed E-state index contributed by atoms with van der Waals surface area (Å²) in [6.07, 6.45) is 7.79. The second-order valence-electron chi connectivity index (χ2n) is 9.96. The van der Waals surface area contributed by atoms with Crippen molar-refractivity contribution in [3.63, 3.8) is 0 Å². The Hall–Kier alpha value is -2.34. The van der Waals surface area contributed by atoms with Crippen LogP contribution in [0.15, 0.2) is 21.3 Å². The Kier molecular flexibility index (Phi) is 5.52. The first-order valence-corrected chi connectivity index (χ1v) is 12.1. The molecule has 2 heterocycles. The van der Waals surface area contributed by atoms with Crippen LogP contribution in [0.3, 0.4) is 0 Å². The van der Waals surface area contributed by atoms with Gasteiger partial charge in [0, 0.05) is 35.5 Å². The number of carbonyl (C=O) groups excluding carboxylic acids is 1. The largest absolute Gasteiger partial charge is 0.480 e. The molecule has 1 aromatic carbocycles. The summed E-state index contributed by atoms with van der Waals surface area (Å²) in [5.74, 6) is 0.677. The van der Waals surface area contributed by atoms with Crippen LogP contribution in [0.2, 0.25) is 0 Å². The number of carbonyl (C=O) groups is 1. The van der Waals surface area contributed by atoms with Gasteiger partial charge in [-0.15, -0.1) is 0 Å². The molecule has 3 atom stereocenters. The van der Waals surface area contributed by atoms with E-state index in [2.05, 4.69) is 0 Å². The van der Waals surface area contributed by atoms with Crippen LogP contribution in [0.25, 0.3) is 11.0 Å². The van der Waals surface area contributed by atoms with E-state index in [1.807, 2.05) is 24.0 Å². The highest BCUT2D eigenvalue weighted by Crippen LogP contribution is 2.40. The molecule has 0 radical (unpaired) electrons. The number of aliphatic hydroxyl groups is 1. The van der Waals surface area contributed by atoms with Crippen LogP contribution in [0.4, 0.5) is 0 Å². The van der Waals surface area contributed by atoms with E-state index < -0.39 is 11.7 Å². The Balaban J connectivity index is 1.35. The molecule has 1 amide bonds. The fraction of sp³-hybridized carbons (Fsp3) is 0.615. The number of likely N-dealkylation sites (tertiary alicyclic amines) is 1. The van der Waals surface area contributed by atoms with Crippen LogP contribution in [0, 0.1) is 12.8 Å². The van der Waals surface area contributed by atoms with Crippen molar-refractivity contribution in [3.05, 3.63) is 39.2 Å². The molecular formula is C26H33NO5. The fourth-order valence-electron chi connectivity index (χ4n) is 6.02. The molecule has 1 saturated carbocycles. The second-order valence-corrected chi connectivity index (χ2v) is 9.96. The molecule has 6 nitrogen and oxygen atoms in total. The lowest BCUT2D eigenvalue weighted by molar-refractivity contribution is -0.149. The summed E-state index contributed by atoms with van der Waals surface area (Å²) in [6.45, 7) is 4.82. The minimum Gasteiger partial charge on any atom is -0.480 e. The number of hydrogen-bond donors (Lipinski definition) is 1. The third-order valence-electron chi connectivity index (χ3n) is 7.98. The highest BCUT2D eigenvalue weighted by Gasteiger charge is 2.44. The standard InChI is InChI=1S/C26H33NO5/c1-16-22(11-10-20-19-8-3-4-9-21(19)25(29)32-23(16)20)31-17(2)24(28)27-14-13-26(30)12-6-5-7-18(26)15-27/h10-11,17-18,30H,3-9,12-15H2,1-2H3/t17-,18-,26-/m1/s1. The van der Waals surface area contributed by atoms with Crippen LogP contribution >= 0.6 is 0 Å². The molecule has 1 N–H and O–H groups in total. The van der Waals surface area contributed by atoms with Gasteiger partial charge in [0.15, 0.2) is 6.10 Å². The van der Waals surface area contributed by atoms with E-state index in [-0.39, 0.29) is 17.5 Å². The molecule has 3 aliphatic rings. The van der Waals surface area contributed by atoms with E-state index in [9.17, 15) is 14.7 Å². The smallest absolute Gasteiger partial charge is 0.339 e. The molecule has 0 unspecified atom stereocenters. The zero-order valence-electron chi connectivity index (χ0n) is 19.1. The van der Waals surface area contributed by atoms with E-state index in [0.717, 1.165) is 73.4 Å². The molecule has 2 aromatic rings. The molecule has 2 aliphatic carbocycles. The first-order chi connectivity index (χ1) is 15.4. The summed E-state index contributed by atoms with van der Waals surface area (Å²) in [4.78, 5) is 27.5. The van der Waals surface area contributed by atoms with Gasteiger partial charge in [-0.05, 0) is 76.5 Å². The average molecular weight is 440 g/mol. The van der Waals surface area contributed by atoms with Crippen LogP contribution in [-0.4, -0.2) is 40.7 Å². The van der Waals surface area contributed by atoms with Crippen LogP contribution < -0.4 is 10.4 Å². The molecular weight excluding hydrogens is 406 g/mol. The molecule has 0 spiro atoms. The lowest BCUT2D eigenvalue weighted by atomic mass is 9.71. The first kappa shape index (κ1) is 21.5. The number of nitrogens with zero attached hydrogens (tertiary/aromatic N) is 1. The van der Waals surface area contributed by atoms with Gasteiger partial charge in [0.05, 0.1) is 5.60 Å². The van der Waals surface area contributed by atoms with Crippen molar-refractivity contribution in [3.8, 4) is 5.75 Å². The Morgan fingerprint density at radius 2 is 1.97 bits per heavy atom. The molecule has 5 rings (SSSR count). The summed E-state index contributed by atoms with van der Waals surface area (Å²) >= 11 is 0. The second kappa shape index (κ2) is 8.22. The van der Waals surface area contributed by atoms with E-state index in [1.165, 1.54) is 0 Å². The number of aryl methyl sites for hydroxylation is 2. The third kappa shape index (κ3) is 3.62. The average Bonchev–Trinajstić information content (AvgIpc) is 2.80. The number of hydrogen-bond acceptors (Lipinski definition) is 5. The topological polar surface area (TPSA) is 80.0 Å². The lowest BCUT2D eigenvalue weighted by Crippen LogP contribution is -2.56. The predicted molar refractivity (Wildman–Crippen MR) is 122 cm³/mol. The Morgan fingerprint density at radius 3 is 2.78 bits per heavy atom. The van der Waals surface area contributed by atoms with E-state index in [0.29, 0.717) is 30.8 Å². The van der Waals surface area contributed by atoms with Gasteiger partial charge < -0.3 is 19.2 Å². The van der Waals surface area contributed by atoms with Gasteiger partial charge in [-0.3, -0.25) is 4.79 Å². The quantitative estimate of drug-likeness (QED) is 0.734. The predicted octanol–water partition coefficient (Wildman–Crippen LogP) is 3.90. The van der Waals surface area contributed by atoms with Crippen molar-refractivity contribution in [2.45, 2.75) is 83.3 Å². The van der Waals surface area contributed by atoms with Crippen molar-refractivity contribution in [2.24, 2.45) is 5.92 Å². The van der Waals surface area contributed by atoms with Crippen molar-refractivity contribution >= 4 is 16.9 Å². The number of benzene rings is 1. The van der Waals surface area contributed by atoms with Crippen LogP contribution in [-0.2, 0) is 17.6 Å². The monoisotopic (exact) mass is 439 g/mol. The van der Waals surface area contributed by atoms with Crippen molar-refractivity contribution < 1.29 is 19.1 Å². The zero-order valence-corrected chi connectivity index (χ0v) is 19.1.